The summed E-state index contributed by atoms with van der Waals surface area (Å²) in [5.74, 6) is 4.14. The quantitative estimate of drug-likeness (QED) is 0.712. The third-order valence-electron chi connectivity index (χ3n) is 7.56. The van der Waals surface area contributed by atoms with Crippen molar-refractivity contribution in [2.24, 2.45) is 17.8 Å². The third kappa shape index (κ3) is 3.37. The first-order valence-corrected chi connectivity index (χ1v) is 11.8. The molecule has 5 heteroatoms. The van der Waals surface area contributed by atoms with Gasteiger partial charge in [0.15, 0.2) is 0 Å². The number of imidazole rings is 1. The molecule has 0 radical (unpaired) electrons. The van der Waals surface area contributed by atoms with E-state index >= 15 is 0 Å². The normalized spacial score (nSPS) is 28.3. The van der Waals surface area contributed by atoms with Gasteiger partial charge in [-0.25, -0.2) is 4.98 Å². The smallest absolute Gasteiger partial charge is 0.240 e. The lowest BCUT2D eigenvalue weighted by atomic mass is 10.0. The monoisotopic (exact) mass is 406 g/mol. The molecule has 1 amide bonds. The molecule has 5 rings (SSSR count). The van der Waals surface area contributed by atoms with E-state index < -0.39 is 0 Å². The molecule has 1 saturated heterocycles. The van der Waals surface area contributed by atoms with Crippen molar-refractivity contribution in [2.75, 3.05) is 13.1 Å². The first-order chi connectivity index (χ1) is 14.6. The van der Waals surface area contributed by atoms with Gasteiger partial charge < -0.3 is 15.2 Å². The van der Waals surface area contributed by atoms with E-state index in [1.807, 2.05) is 11.1 Å². The summed E-state index contributed by atoms with van der Waals surface area (Å²) in [5, 5.41) is 3.37. The topological polar surface area (TPSA) is 61.0 Å². The van der Waals surface area contributed by atoms with Gasteiger partial charge in [-0.05, 0) is 61.5 Å². The second-order valence-corrected chi connectivity index (χ2v) is 9.69. The van der Waals surface area contributed by atoms with E-state index in [1.54, 1.807) is 0 Å². The van der Waals surface area contributed by atoms with Crippen molar-refractivity contribution < 1.29 is 4.79 Å². The number of benzene rings is 1. The third-order valence-corrected chi connectivity index (χ3v) is 7.56. The molecule has 0 bridgehead atoms. The number of amides is 1. The van der Waals surface area contributed by atoms with Gasteiger partial charge in [-0.3, -0.25) is 4.79 Å². The number of nitrogens with one attached hydrogen (secondary N) is 2. The van der Waals surface area contributed by atoms with Crippen molar-refractivity contribution in [3.8, 4) is 11.3 Å². The lowest BCUT2D eigenvalue weighted by molar-refractivity contribution is -0.135. The van der Waals surface area contributed by atoms with E-state index in [-0.39, 0.29) is 23.9 Å². The van der Waals surface area contributed by atoms with Crippen LogP contribution in [0.3, 0.4) is 0 Å². The summed E-state index contributed by atoms with van der Waals surface area (Å²) in [6.07, 6.45) is 6.83. The van der Waals surface area contributed by atoms with Crippen molar-refractivity contribution >= 4 is 5.91 Å². The molecule has 0 spiro atoms. The van der Waals surface area contributed by atoms with Crippen LogP contribution >= 0.6 is 0 Å². The molecule has 1 aliphatic heterocycles. The molecule has 1 aromatic carbocycles. The van der Waals surface area contributed by atoms with E-state index in [2.05, 4.69) is 55.3 Å². The van der Waals surface area contributed by atoms with Gasteiger partial charge in [0.1, 0.15) is 5.82 Å². The highest BCUT2D eigenvalue weighted by molar-refractivity contribution is 5.82. The fraction of sp³-hybridized carbons (Fsp3) is 0.600. The maximum atomic E-state index is 13.2. The zero-order chi connectivity index (χ0) is 20.8. The van der Waals surface area contributed by atoms with Crippen LogP contribution in [0.25, 0.3) is 11.3 Å². The van der Waals surface area contributed by atoms with E-state index in [4.69, 9.17) is 4.98 Å². The molecule has 5 nitrogen and oxygen atoms in total. The van der Waals surface area contributed by atoms with Crippen molar-refractivity contribution in [1.29, 1.82) is 0 Å². The van der Waals surface area contributed by atoms with E-state index in [0.29, 0.717) is 0 Å². The van der Waals surface area contributed by atoms with Gasteiger partial charge in [0.25, 0.3) is 0 Å². The Labute approximate surface area is 179 Å². The maximum absolute atomic E-state index is 13.2. The number of hydrogen-bond acceptors (Lipinski definition) is 3. The Morgan fingerprint density at radius 3 is 2.57 bits per heavy atom. The summed E-state index contributed by atoms with van der Waals surface area (Å²) in [5.41, 5.74) is 3.62. The fourth-order valence-corrected chi connectivity index (χ4v) is 5.70. The molecule has 1 aromatic heterocycles. The Morgan fingerprint density at radius 1 is 1.20 bits per heavy atom. The molecule has 3 aliphatic rings. The molecule has 2 unspecified atom stereocenters. The van der Waals surface area contributed by atoms with Crippen molar-refractivity contribution in [3.63, 3.8) is 0 Å². The van der Waals surface area contributed by atoms with Crippen LogP contribution in [0.4, 0.5) is 0 Å². The number of likely N-dealkylation sites (N-methyl/N-ethyl adjacent to an activating group) is 1. The molecule has 2 heterocycles. The summed E-state index contributed by atoms with van der Waals surface area (Å²) in [4.78, 5) is 23.5. The molecule has 3 fully saturated rings. The first-order valence-electron chi connectivity index (χ1n) is 11.8. The number of fused-ring (bicyclic) bond motifs is 1. The number of aromatic nitrogens is 2. The molecule has 30 heavy (non-hydrogen) atoms. The van der Waals surface area contributed by atoms with Crippen molar-refractivity contribution in [1.82, 2.24) is 20.2 Å². The lowest BCUT2D eigenvalue weighted by Gasteiger charge is -2.30. The largest absolute Gasteiger partial charge is 0.346 e. The summed E-state index contributed by atoms with van der Waals surface area (Å²) >= 11 is 0. The van der Waals surface area contributed by atoms with Gasteiger partial charge in [-0.15, -0.1) is 0 Å². The number of rotatable bonds is 7. The van der Waals surface area contributed by atoms with Crippen LogP contribution in [-0.2, 0) is 4.79 Å². The zero-order valence-electron chi connectivity index (χ0n) is 18.4. The predicted molar refractivity (Wildman–Crippen MR) is 119 cm³/mol. The second-order valence-electron chi connectivity index (χ2n) is 9.69. The zero-order valence-corrected chi connectivity index (χ0v) is 18.4. The average molecular weight is 407 g/mol. The molecular weight excluding hydrogens is 372 g/mol. The highest BCUT2D eigenvalue weighted by atomic mass is 16.2. The predicted octanol–water partition coefficient (Wildman–Crippen LogP) is 4.50. The number of likely N-dealkylation sites (tertiary alicyclic amines) is 1. The van der Waals surface area contributed by atoms with Crippen molar-refractivity contribution in [2.45, 2.75) is 64.5 Å². The van der Waals surface area contributed by atoms with Gasteiger partial charge >= 0.3 is 0 Å². The van der Waals surface area contributed by atoms with Gasteiger partial charge in [-0.2, -0.15) is 0 Å². The number of carbonyl (C=O) groups excluding carboxylic acids is 1. The molecular formula is C25H34N4O. The SMILES string of the molecule is CCN[C@H](C(=O)N1CCC[C@H]1c1nc(-c2ccc(C3C4CCC43)cc2)c[nH]1)C(C)C. The number of hydrogen-bond donors (Lipinski definition) is 2. The van der Waals surface area contributed by atoms with Gasteiger partial charge in [0.05, 0.1) is 17.8 Å². The van der Waals surface area contributed by atoms with Crippen LogP contribution in [0.1, 0.15) is 69.8 Å². The lowest BCUT2D eigenvalue weighted by Crippen LogP contribution is -2.49. The Morgan fingerprint density at radius 2 is 1.93 bits per heavy atom. The molecule has 2 aromatic rings. The molecule has 4 atom stereocenters. The average Bonchev–Trinajstić information content (AvgIpc) is 3.16. The minimum Gasteiger partial charge on any atom is -0.346 e. The fourth-order valence-electron chi connectivity index (χ4n) is 5.70. The summed E-state index contributed by atoms with van der Waals surface area (Å²) in [7, 11) is 0. The van der Waals surface area contributed by atoms with Crippen LogP contribution < -0.4 is 5.32 Å². The van der Waals surface area contributed by atoms with Crippen LogP contribution in [0.15, 0.2) is 30.5 Å². The summed E-state index contributed by atoms with van der Waals surface area (Å²) < 4.78 is 0. The second kappa shape index (κ2) is 7.84. The number of H-pyrrole nitrogens is 1. The summed E-state index contributed by atoms with van der Waals surface area (Å²) in [6, 6.07) is 8.93. The number of nitrogens with zero attached hydrogens (tertiary/aromatic N) is 2. The van der Waals surface area contributed by atoms with Gasteiger partial charge in [0, 0.05) is 18.3 Å². The minimum absolute atomic E-state index is 0.0486. The number of carbonyl (C=O) groups is 1. The molecule has 160 valence electrons. The summed E-state index contributed by atoms with van der Waals surface area (Å²) in [6.45, 7) is 7.89. The molecule has 2 aliphatic carbocycles. The van der Waals surface area contributed by atoms with E-state index in [9.17, 15) is 4.79 Å². The van der Waals surface area contributed by atoms with Crippen LogP contribution in [0, 0.1) is 17.8 Å². The minimum atomic E-state index is -0.129. The Balaban J connectivity index is 1.31. The maximum Gasteiger partial charge on any atom is 0.240 e. The highest BCUT2D eigenvalue weighted by Crippen LogP contribution is 2.66. The van der Waals surface area contributed by atoms with Crippen LogP contribution in [0.5, 0.6) is 0 Å². The Hall–Kier alpha value is -2.14. The van der Waals surface area contributed by atoms with Crippen molar-refractivity contribution in [3.05, 3.63) is 41.9 Å². The Bertz CT molecular complexity index is 892. The van der Waals surface area contributed by atoms with Crippen LogP contribution in [0.2, 0.25) is 0 Å². The first kappa shape index (κ1) is 19.8. The molecule has 2 saturated carbocycles. The standard InChI is InChI=1S/C25H34N4O/c1-4-26-23(15(2)3)25(30)29-13-5-6-21(29)24-27-14-20(28-24)16-7-9-17(10-8-16)22-18-11-12-19(18)22/h7-10,14-15,18-19,21-23,26H,4-6,11-13H2,1-3H3,(H,27,28)/t18?,19?,21-,22?,23-/m0/s1. The van der Waals surface area contributed by atoms with E-state index in [1.165, 1.54) is 18.4 Å². The van der Waals surface area contributed by atoms with Crippen LogP contribution in [-0.4, -0.2) is 39.9 Å². The van der Waals surface area contributed by atoms with E-state index in [0.717, 1.165) is 60.8 Å². The van der Waals surface area contributed by atoms with Gasteiger partial charge in [-0.1, -0.05) is 45.0 Å². The Kier molecular flexibility index (Phi) is 5.18. The highest BCUT2D eigenvalue weighted by Gasteiger charge is 2.56. The number of aromatic amines is 1. The van der Waals surface area contributed by atoms with Gasteiger partial charge in [0.2, 0.25) is 5.91 Å². The molecule has 2 N–H and O–H groups in total.